The number of fused-ring (bicyclic) bond motifs is 8. The Labute approximate surface area is 181 Å². The quantitative estimate of drug-likeness (QED) is 0.264. The fourth-order valence-electron chi connectivity index (χ4n) is 3.37. The number of hydrogen-bond donors (Lipinski definition) is 2. The predicted molar refractivity (Wildman–Crippen MR) is 128 cm³/mol. The van der Waals surface area contributed by atoms with Gasteiger partial charge in [0.1, 0.15) is 11.4 Å². The second-order valence-corrected chi connectivity index (χ2v) is 6.96. The van der Waals surface area contributed by atoms with Gasteiger partial charge in [0.2, 0.25) is 0 Å². The molecule has 0 spiro atoms. The fraction of sp³-hybridized carbons (Fsp3) is 0. The number of rotatable bonds is 2. The van der Waals surface area contributed by atoms with Crippen molar-refractivity contribution >= 4 is 92.5 Å². The molecule has 2 N–H and O–H groups in total. The third-order valence-corrected chi connectivity index (χ3v) is 4.79. The van der Waals surface area contributed by atoms with E-state index in [9.17, 15) is 0 Å². The fourth-order valence-corrected chi connectivity index (χ4v) is 3.55. The third kappa shape index (κ3) is 3.48. The first-order valence-electron chi connectivity index (χ1n) is 8.99. The minimum absolute atomic E-state index is 0.526. The lowest BCUT2D eigenvalue weighted by Crippen LogP contribution is -1.75. The topological polar surface area (TPSA) is 82.1 Å². The molecule has 2 aliphatic heterocycles. The molecule has 8 heteroatoms. The van der Waals surface area contributed by atoms with E-state index >= 15 is 0 Å². The lowest BCUT2D eigenvalue weighted by atomic mass is 10.3. The van der Waals surface area contributed by atoms with Gasteiger partial charge in [0.05, 0.1) is 44.1 Å². The van der Waals surface area contributed by atoms with E-state index < -0.39 is 0 Å². The van der Waals surface area contributed by atoms with Crippen molar-refractivity contribution in [1.29, 1.82) is 0 Å². The molecule has 3 aromatic rings. The highest BCUT2D eigenvalue weighted by molar-refractivity contribution is 7.78. The molecule has 0 saturated heterocycles. The highest BCUT2D eigenvalue weighted by atomic mass is 32.1. The first-order valence-corrected chi connectivity index (χ1v) is 9.81. The Balaban J connectivity index is 1.93. The summed E-state index contributed by atoms with van der Waals surface area (Å²) in [6, 6.07) is 11.7. The molecule has 0 radical (unpaired) electrons. The first-order chi connectivity index (χ1) is 14.7. The van der Waals surface area contributed by atoms with Crippen LogP contribution in [0.25, 0.3) is 46.4 Å². The van der Waals surface area contributed by atoms with Crippen LogP contribution in [0.1, 0.15) is 22.8 Å². The molecule has 0 atom stereocenters. The van der Waals surface area contributed by atoms with Crippen LogP contribution in [0.15, 0.2) is 46.4 Å². The van der Waals surface area contributed by atoms with Gasteiger partial charge in [-0.15, -0.1) is 0 Å². The molecule has 0 fully saturated rings. The number of aromatic nitrogens is 4. The number of thiocarbonyl (C=S) groups is 2. The Bertz CT molecular complexity index is 1400. The van der Waals surface area contributed by atoms with Gasteiger partial charge >= 0.3 is 0 Å². The van der Waals surface area contributed by atoms with Gasteiger partial charge in [-0.05, 0) is 85.1 Å². The molecule has 5 heterocycles. The average molecular weight is 425 g/mol. The smallest absolute Gasteiger partial charge is 0.126 e. The van der Waals surface area contributed by atoms with Gasteiger partial charge in [-0.3, -0.25) is 0 Å². The van der Waals surface area contributed by atoms with Gasteiger partial charge < -0.3 is 9.97 Å². The van der Waals surface area contributed by atoms with Crippen molar-refractivity contribution in [2.24, 2.45) is 9.98 Å². The zero-order valence-corrected chi connectivity index (χ0v) is 17.0. The Kier molecular flexibility index (Phi) is 4.59. The van der Waals surface area contributed by atoms with Crippen LogP contribution < -0.4 is 0 Å². The van der Waals surface area contributed by atoms with Gasteiger partial charge in [0, 0.05) is 11.0 Å². The molecule has 3 aromatic heterocycles. The van der Waals surface area contributed by atoms with Crippen molar-refractivity contribution in [3.63, 3.8) is 0 Å². The number of aliphatic imine (C=N–C) groups is 2. The van der Waals surface area contributed by atoms with Crippen molar-refractivity contribution in [2.75, 3.05) is 0 Å². The largest absolute Gasteiger partial charge is 0.355 e. The van der Waals surface area contributed by atoms with Crippen molar-refractivity contribution < 1.29 is 0 Å². The van der Waals surface area contributed by atoms with Gasteiger partial charge in [0.15, 0.2) is 0 Å². The van der Waals surface area contributed by atoms with Gasteiger partial charge in [-0.2, -0.15) is 9.98 Å². The van der Waals surface area contributed by atoms with Crippen molar-refractivity contribution in [1.82, 2.24) is 19.9 Å². The number of aromatic amines is 2. The van der Waals surface area contributed by atoms with E-state index in [1.165, 1.54) is 0 Å². The molecule has 6 nitrogen and oxygen atoms in total. The van der Waals surface area contributed by atoms with Crippen LogP contribution in [0.3, 0.4) is 0 Å². The molecule has 5 rings (SSSR count). The Morgan fingerprint density at radius 1 is 0.633 bits per heavy atom. The number of H-pyrrole nitrogens is 2. The number of nitrogens with zero attached hydrogens (tertiary/aromatic N) is 4. The third-order valence-electron chi connectivity index (χ3n) is 4.61. The normalized spacial score (nSPS) is 11.7. The molecule has 142 valence electrons. The number of nitrogens with one attached hydrogen (secondary N) is 2. The summed E-state index contributed by atoms with van der Waals surface area (Å²) in [7, 11) is 0. The van der Waals surface area contributed by atoms with E-state index in [1.54, 1.807) is 0 Å². The molecule has 0 aromatic carbocycles. The van der Waals surface area contributed by atoms with E-state index in [2.05, 4.69) is 40.2 Å². The average Bonchev–Trinajstić information content (AvgIpc) is 3.50. The van der Waals surface area contributed by atoms with Gasteiger partial charge in [-0.25, -0.2) is 9.97 Å². The van der Waals surface area contributed by atoms with E-state index in [0.717, 1.165) is 33.8 Å². The summed E-state index contributed by atoms with van der Waals surface area (Å²) in [5.74, 6) is 0. The maximum Gasteiger partial charge on any atom is 0.126 e. The molecule has 0 unspecified atom stereocenters. The SMILES string of the molecule is S=C=Nc1c(N=C=S)c2cc3nc(cc4ccc(cc5nc(cc1[nH]2)C=C5)[nH]4)C=C3. The second-order valence-electron chi connectivity index (χ2n) is 6.59. The highest BCUT2D eigenvalue weighted by Gasteiger charge is 2.11. The summed E-state index contributed by atoms with van der Waals surface area (Å²) in [4.78, 5) is 24.4. The zero-order valence-electron chi connectivity index (χ0n) is 15.4. The van der Waals surface area contributed by atoms with Gasteiger partial charge in [-0.1, -0.05) is 0 Å². The van der Waals surface area contributed by atoms with E-state index in [-0.39, 0.29) is 0 Å². The Morgan fingerprint density at radius 2 is 1.07 bits per heavy atom. The van der Waals surface area contributed by atoms with Crippen LogP contribution >= 0.6 is 24.4 Å². The minimum Gasteiger partial charge on any atom is -0.355 e. The number of hydrogen-bond acceptors (Lipinski definition) is 6. The maximum atomic E-state index is 4.84. The molecule has 0 aliphatic carbocycles. The summed E-state index contributed by atoms with van der Waals surface area (Å²) in [6.45, 7) is 0. The minimum atomic E-state index is 0.526. The standard InChI is InChI=1S/C22H12N6S2/c29-11-23-21-19-9-17-5-3-15(26-17)7-13-1-2-14(25-13)8-16-4-6-18(27-16)10-20(28-19)22(21)24-12-30/h1-10,25,28H. The van der Waals surface area contributed by atoms with Crippen LogP contribution in [-0.4, -0.2) is 30.3 Å². The maximum absolute atomic E-state index is 4.84. The van der Waals surface area contributed by atoms with E-state index in [4.69, 9.17) is 24.4 Å². The summed E-state index contributed by atoms with van der Waals surface area (Å²) in [6.07, 6.45) is 7.77. The lowest BCUT2D eigenvalue weighted by molar-refractivity contribution is 1.31. The molecule has 8 bridgehead atoms. The van der Waals surface area contributed by atoms with Crippen LogP contribution in [0.5, 0.6) is 0 Å². The molecule has 30 heavy (non-hydrogen) atoms. The number of isothiocyanates is 2. The molecular formula is C22H12N6S2. The second kappa shape index (κ2) is 7.55. The molecule has 0 amide bonds. The van der Waals surface area contributed by atoms with E-state index in [0.29, 0.717) is 22.4 Å². The van der Waals surface area contributed by atoms with Crippen LogP contribution in [0.4, 0.5) is 11.4 Å². The highest BCUT2D eigenvalue weighted by Crippen LogP contribution is 2.37. The first kappa shape index (κ1) is 18.2. The molecular weight excluding hydrogens is 412 g/mol. The molecule has 0 saturated carbocycles. The monoisotopic (exact) mass is 424 g/mol. The molecule has 2 aliphatic rings. The van der Waals surface area contributed by atoms with Crippen molar-refractivity contribution in [3.05, 3.63) is 59.2 Å². The van der Waals surface area contributed by atoms with Crippen LogP contribution in [0, 0.1) is 0 Å². The summed E-state index contributed by atoms with van der Waals surface area (Å²) in [5, 5.41) is 4.83. The van der Waals surface area contributed by atoms with Crippen LogP contribution in [-0.2, 0) is 0 Å². The summed E-state index contributed by atoms with van der Waals surface area (Å²) in [5.41, 5.74) is 7.58. The Hall–Kier alpha value is -3.80. The van der Waals surface area contributed by atoms with Crippen LogP contribution in [0.2, 0.25) is 0 Å². The predicted octanol–water partition coefficient (Wildman–Crippen LogP) is 6.12. The lowest BCUT2D eigenvalue weighted by Gasteiger charge is -1.89. The summed E-state index contributed by atoms with van der Waals surface area (Å²) >= 11 is 9.68. The summed E-state index contributed by atoms with van der Waals surface area (Å²) < 4.78 is 0. The Morgan fingerprint density at radius 3 is 1.50 bits per heavy atom. The van der Waals surface area contributed by atoms with Gasteiger partial charge in [0.25, 0.3) is 0 Å². The van der Waals surface area contributed by atoms with E-state index in [1.807, 2.05) is 60.7 Å². The zero-order chi connectivity index (χ0) is 20.5. The van der Waals surface area contributed by atoms with Crippen molar-refractivity contribution in [3.8, 4) is 0 Å². The van der Waals surface area contributed by atoms with Crippen molar-refractivity contribution in [2.45, 2.75) is 0 Å².